The largest absolute Gasteiger partial charge is 0.416 e. The Kier molecular flexibility index (Phi) is 5.65. The van der Waals surface area contributed by atoms with Gasteiger partial charge in [-0.05, 0) is 55.7 Å². The van der Waals surface area contributed by atoms with E-state index in [0.29, 0.717) is 31.0 Å². The van der Waals surface area contributed by atoms with Gasteiger partial charge in [0.1, 0.15) is 0 Å². The first-order chi connectivity index (χ1) is 13.3. The lowest BCUT2D eigenvalue weighted by Crippen LogP contribution is -2.42. The van der Waals surface area contributed by atoms with Gasteiger partial charge in [-0.25, -0.2) is 0 Å². The van der Waals surface area contributed by atoms with Crippen LogP contribution in [0.3, 0.4) is 0 Å². The van der Waals surface area contributed by atoms with Crippen LogP contribution in [0.1, 0.15) is 49.7 Å². The van der Waals surface area contributed by atoms with Gasteiger partial charge in [-0.3, -0.25) is 9.69 Å². The molecule has 2 bridgehead atoms. The van der Waals surface area contributed by atoms with Crippen LogP contribution < -0.4 is 10.6 Å². The van der Waals surface area contributed by atoms with Crippen LogP contribution in [0.5, 0.6) is 0 Å². The Labute approximate surface area is 163 Å². The highest BCUT2D eigenvalue weighted by Crippen LogP contribution is 2.33. The number of amides is 1. The first-order valence-electron chi connectivity index (χ1n) is 10.3. The van der Waals surface area contributed by atoms with Crippen molar-refractivity contribution < 1.29 is 18.0 Å². The van der Waals surface area contributed by atoms with Crippen LogP contribution in [0, 0.1) is 5.92 Å². The maximum atomic E-state index is 12.7. The SMILES string of the molecule is O=C(CC1CC2CCC(C1)N2)NC1CCN(Cc2ccc(C(F)(F)F)cc2)C1. The molecule has 3 aliphatic rings. The average molecular weight is 395 g/mol. The number of nitrogens with zero attached hydrogens (tertiary/aromatic N) is 1. The number of alkyl halides is 3. The number of rotatable bonds is 5. The molecule has 1 aromatic rings. The first kappa shape index (κ1) is 19.7. The van der Waals surface area contributed by atoms with E-state index in [1.54, 1.807) is 12.1 Å². The summed E-state index contributed by atoms with van der Waals surface area (Å²) in [5.74, 6) is 0.635. The average Bonchev–Trinajstić information content (AvgIpc) is 3.20. The summed E-state index contributed by atoms with van der Waals surface area (Å²) < 4.78 is 38.0. The molecule has 2 N–H and O–H groups in total. The summed E-state index contributed by atoms with van der Waals surface area (Å²) in [7, 11) is 0. The number of nitrogens with one attached hydrogen (secondary N) is 2. The molecule has 3 unspecified atom stereocenters. The van der Waals surface area contributed by atoms with Gasteiger partial charge in [0.25, 0.3) is 0 Å². The molecule has 7 heteroatoms. The van der Waals surface area contributed by atoms with E-state index in [1.807, 2.05) is 0 Å². The molecule has 0 saturated carbocycles. The number of carbonyl (C=O) groups excluding carboxylic acids is 1. The Hall–Kier alpha value is -1.60. The number of piperidine rings is 1. The van der Waals surface area contributed by atoms with E-state index in [2.05, 4.69) is 15.5 Å². The molecule has 4 nitrogen and oxygen atoms in total. The predicted octanol–water partition coefficient (Wildman–Crippen LogP) is 3.32. The zero-order chi connectivity index (χ0) is 19.7. The van der Waals surface area contributed by atoms with Crippen LogP contribution in [0.25, 0.3) is 0 Å². The van der Waals surface area contributed by atoms with Crippen molar-refractivity contribution in [2.45, 2.75) is 69.4 Å². The molecule has 3 aliphatic heterocycles. The number of fused-ring (bicyclic) bond motifs is 2. The summed E-state index contributed by atoms with van der Waals surface area (Å²) in [6.07, 6.45) is 1.90. The Morgan fingerprint density at radius 2 is 1.79 bits per heavy atom. The molecule has 4 rings (SSSR count). The molecule has 0 aromatic heterocycles. The van der Waals surface area contributed by atoms with Crippen LogP contribution in [0.2, 0.25) is 0 Å². The minimum absolute atomic E-state index is 0.139. The molecule has 0 aliphatic carbocycles. The molecule has 1 amide bonds. The van der Waals surface area contributed by atoms with E-state index in [0.717, 1.165) is 50.0 Å². The minimum Gasteiger partial charge on any atom is -0.352 e. The van der Waals surface area contributed by atoms with Crippen LogP contribution in [-0.2, 0) is 17.5 Å². The first-order valence-corrected chi connectivity index (χ1v) is 10.3. The third-order valence-electron chi connectivity index (χ3n) is 6.37. The summed E-state index contributed by atoms with van der Waals surface area (Å²) in [6, 6.07) is 6.69. The summed E-state index contributed by atoms with van der Waals surface area (Å²) in [5.41, 5.74) is 0.249. The lowest BCUT2D eigenvalue weighted by molar-refractivity contribution is -0.137. The van der Waals surface area contributed by atoms with Crippen molar-refractivity contribution in [1.82, 2.24) is 15.5 Å². The molecule has 3 atom stereocenters. The highest BCUT2D eigenvalue weighted by molar-refractivity contribution is 5.76. The second-order valence-electron chi connectivity index (χ2n) is 8.66. The number of benzene rings is 1. The van der Waals surface area contributed by atoms with Gasteiger partial charge in [0.15, 0.2) is 0 Å². The van der Waals surface area contributed by atoms with Gasteiger partial charge in [0, 0.05) is 44.2 Å². The van der Waals surface area contributed by atoms with Gasteiger partial charge in [-0.15, -0.1) is 0 Å². The molecular formula is C21H28F3N3O. The third-order valence-corrected chi connectivity index (χ3v) is 6.37. The Morgan fingerprint density at radius 1 is 1.11 bits per heavy atom. The smallest absolute Gasteiger partial charge is 0.352 e. The van der Waals surface area contributed by atoms with E-state index >= 15 is 0 Å². The molecule has 0 radical (unpaired) electrons. The van der Waals surface area contributed by atoms with Gasteiger partial charge in [0.05, 0.1) is 5.56 Å². The number of halogens is 3. The minimum atomic E-state index is -4.30. The summed E-state index contributed by atoms with van der Waals surface area (Å²) >= 11 is 0. The van der Waals surface area contributed by atoms with Crippen LogP contribution >= 0.6 is 0 Å². The lowest BCUT2D eigenvalue weighted by atomic mass is 9.89. The van der Waals surface area contributed by atoms with Crippen LogP contribution in [0.15, 0.2) is 24.3 Å². The van der Waals surface area contributed by atoms with Gasteiger partial charge >= 0.3 is 6.18 Å². The summed E-state index contributed by atoms with van der Waals surface area (Å²) in [6.45, 7) is 2.22. The molecule has 28 heavy (non-hydrogen) atoms. The second kappa shape index (κ2) is 8.03. The highest BCUT2D eigenvalue weighted by atomic mass is 19.4. The Bertz CT molecular complexity index is 679. The van der Waals surface area contributed by atoms with E-state index in [4.69, 9.17) is 0 Å². The van der Waals surface area contributed by atoms with Crippen LogP contribution in [-0.4, -0.2) is 42.0 Å². The molecular weight excluding hydrogens is 367 g/mol. The van der Waals surface area contributed by atoms with Gasteiger partial charge in [-0.2, -0.15) is 13.2 Å². The number of hydrogen-bond acceptors (Lipinski definition) is 3. The lowest BCUT2D eigenvalue weighted by Gasteiger charge is -2.29. The Balaban J connectivity index is 1.21. The molecule has 0 spiro atoms. The van der Waals surface area contributed by atoms with E-state index < -0.39 is 11.7 Å². The number of likely N-dealkylation sites (tertiary alicyclic amines) is 1. The summed E-state index contributed by atoms with van der Waals surface area (Å²) in [5, 5.41) is 6.78. The molecule has 154 valence electrons. The van der Waals surface area contributed by atoms with E-state index in [-0.39, 0.29) is 11.9 Å². The fraction of sp³-hybridized carbons (Fsp3) is 0.667. The molecule has 3 saturated heterocycles. The van der Waals surface area contributed by atoms with Gasteiger partial charge in [-0.1, -0.05) is 12.1 Å². The maximum absolute atomic E-state index is 12.7. The predicted molar refractivity (Wildman–Crippen MR) is 101 cm³/mol. The molecule has 3 fully saturated rings. The second-order valence-corrected chi connectivity index (χ2v) is 8.66. The van der Waals surface area contributed by atoms with Gasteiger partial charge < -0.3 is 10.6 Å². The van der Waals surface area contributed by atoms with Crippen LogP contribution in [0.4, 0.5) is 13.2 Å². The fourth-order valence-corrected chi connectivity index (χ4v) is 5.04. The zero-order valence-electron chi connectivity index (χ0n) is 16.0. The maximum Gasteiger partial charge on any atom is 0.416 e. The summed E-state index contributed by atoms with van der Waals surface area (Å²) in [4.78, 5) is 14.6. The van der Waals surface area contributed by atoms with Crippen molar-refractivity contribution in [3.8, 4) is 0 Å². The topological polar surface area (TPSA) is 44.4 Å². The number of carbonyl (C=O) groups is 1. The van der Waals surface area contributed by atoms with Crippen molar-refractivity contribution in [2.75, 3.05) is 13.1 Å². The molecule has 3 heterocycles. The van der Waals surface area contributed by atoms with E-state index in [1.165, 1.54) is 12.8 Å². The highest BCUT2D eigenvalue weighted by Gasteiger charge is 2.35. The standard InChI is InChI=1S/C21H28F3N3O/c22-21(23,24)16-3-1-14(2-4-16)12-27-8-7-19(13-27)26-20(28)11-15-9-17-5-6-18(10-15)25-17/h1-4,15,17-19,25H,5-13H2,(H,26,28). The van der Waals surface area contributed by atoms with Gasteiger partial charge in [0.2, 0.25) is 5.91 Å². The zero-order valence-corrected chi connectivity index (χ0v) is 16.0. The van der Waals surface area contributed by atoms with Crippen molar-refractivity contribution in [3.05, 3.63) is 35.4 Å². The third kappa shape index (κ3) is 4.87. The molecule has 1 aromatic carbocycles. The number of hydrogen-bond donors (Lipinski definition) is 2. The van der Waals surface area contributed by atoms with Crippen molar-refractivity contribution in [3.63, 3.8) is 0 Å². The van der Waals surface area contributed by atoms with E-state index in [9.17, 15) is 18.0 Å². The monoisotopic (exact) mass is 395 g/mol. The quantitative estimate of drug-likeness (QED) is 0.804. The van der Waals surface area contributed by atoms with Crippen molar-refractivity contribution in [2.24, 2.45) is 5.92 Å². The fourth-order valence-electron chi connectivity index (χ4n) is 5.04. The Morgan fingerprint density at radius 3 is 2.43 bits per heavy atom. The normalized spacial score (nSPS) is 30.5. The van der Waals surface area contributed by atoms with Crippen molar-refractivity contribution >= 4 is 5.91 Å². The van der Waals surface area contributed by atoms with Crippen molar-refractivity contribution in [1.29, 1.82) is 0 Å².